The molecule has 2 aromatic rings. The van der Waals surface area contributed by atoms with Gasteiger partial charge in [-0.15, -0.1) is 0 Å². The van der Waals surface area contributed by atoms with Crippen molar-refractivity contribution in [3.8, 4) is 11.5 Å². The summed E-state index contributed by atoms with van der Waals surface area (Å²) in [6.45, 7) is 13.8. The second-order valence-electron chi connectivity index (χ2n) is 7.55. The zero-order valence-electron chi connectivity index (χ0n) is 21.5. The van der Waals surface area contributed by atoms with E-state index >= 15 is 0 Å². The van der Waals surface area contributed by atoms with Crippen molar-refractivity contribution >= 4 is 86.5 Å². The minimum absolute atomic E-state index is 0.350. The second kappa shape index (κ2) is 16.4. The summed E-state index contributed by atoms with van der Waals surface area (Å²) in [7, 11) is 7.89. The Morgan fingerprint density at radius 3 is 1.35 bits per heavy atom. The van der Waals surface area contributed by atoms with Gasteiger partial charge in [-0.05, 0) is 128 Å². The van der Waals surface area contributed by atoms with Gasteiger partial charge in [0, 0.05) is 36.0 Å². The van der Waals surface area contributed by atoms with Gasteiger partial charge in [0.25, 0.3) is 0 Å². The molecule has 0 atom stereocenters. The van der Waals surface area contributed by atoms with Crippen LogP contribution in [0.5, 0.6) is 11.5 Å². The van der Waals surface area contributed by atoms with Crippen LogP contribution in [0.2, 0.25) is 10.0 Å². The van der Waals surface area contributed by atoms with Crippen LogP contribution in [-0.2, 0) is 0 Å². The minimum Gasteiger partial charge on any atom is -0.409 e. The van der Waals surface area contributed by atoms with Crippen LogP contribution < -0.4 is 9.47 Å². The van der Waals surface area contributed by atoms with E-state index in [0.717, 1.165) is 20.9 Å². The van der Waals surface area contributed by atoms with E-state index < -0.39 is 12.2 Å². The molecule has 0 aliphatic carbocycles. The Bertz CT molecular complexity index is 1000. The predicted octanol–water partition coefficient (Wildman–Crippen LogP) is 10.0. The third-order valence-electron chi connectivity index (χ3n) is 5.20. The molecule has 13 heteroatoms. The number of ether oxygens (including phenoxy) is 2. The number of carbonyl (C=O) groups is 2. The summed E-state index contributed by atoms with van der Waals surface area (Å²) in [4.78, 5) is 29.8. The van der Waals surface area contributed by atoms with E-state index in [4.69, 9.17) is 32.7 Å². The predicted molar refractivity (Wildman–Crippen MR) is 165 cm³/mol. The number of hydrogen-bond donors (Lipinski definition) is 0. The number of carbonyl (C=O) groups excluding carboxylic acids is 2. The van der Waals surface area contributed by atoms with Gasteiger partial charge < -0.3 is 19.3 Å². The molecule has 6 nitrogen and oxygen atoms in total. The van der Waals surface area contributed by atoms with Crippen molar-refractivity contribution in [2.24, 2.45) is 0 Å². The highest BCUT2D eigenvalue weighted by molar-refractivity contribution is 9.35. The molecule has 37 heavy (non-hydrogen) atoms. The zero-order chi connectivity index (χ0) is 27.5. The Labute approximate surface area is 248 Å². The molecule has 2 aromatic carbocycles. The van der Waals surface area contributed by atoms with Crippen LogP contribution in [0.3, 0.4) is 0 Å². The maximum absolute atomic E-state index is 12.3. The molecule has 0 aliphatic heterocycles. The molecular formula is C24H30Cl2N2O4S5. The number of halogens is 2. The second-order valence-corrected chi connectivity index (χ2v) is 15.9. The largest absolute Gasteiger partial charge is 0.415 e. The number of nitrogens with zero attached hydrogens (tertiary/aromatic N) is 2. The van der Waals surface area contributed by atoms with E-state index in [1.807, 2.05) is 41.5 Å². The summed E-state index contributed by atoms with van der Waals surface area (Å²) >= 11 is 12.6. The SMILES string of the molecule is CCN(CC)C(=O)Oc1cc(SSSSSc2cc(OC(=O)N(CC)CC)c(Cl)cc2C)c(C)cc1Cl. The Balaban J connectivity index is 1.96. The average Bonchev–Trinajstić information content (AvgIpc) is 2.85. The van der Waals surface area contributed by atoms with Gasteiger partial charge in [0.1, 0.15) is 0 Å². The fourth-order valence-corrected chi connectivity index (χ4v) is 12.2. The van der Waals surface area contributed by atoms with E-state index in [-0.39, 0.29) is 0 Å². The summed E-state index contributed by atoms with van der Waals surface area (Å²) in [6, 6.07) is 7.21. The third kappa shape index (κ3) is 9.77. The van der Waals surface area contributed by atoms with Crippen LogP contribution in [0.1, 0.15) is 38.8 Å². The molecule has 0 unspecified atom stereocenters. The summed E-state index contributed by atoms with van der Waals surface area (Å²) in [6.07, 6.45) is -0.831. The standard InChI is InChI=1S/C24H30Cl2N2O4S5/c1-7-27(8-2)23(29)31-19-13-21(15(5)11-17(19)25)33-35-37-36-34-22-14-20(18(26)12-16(22)6)32-24(30)28(9-3)10-4/h11-14H,7-10H2,1-6H3. The van der Waals surface area contributed by atoms with Crippen LogP contribution in [0.15, 0.2) is 34.1 Å². The maximum Gasteiger partial charge on any atom is 0.415 e. The lowest BCUT2D eigenvalue weighted by Gasteiger charge is -2.19. The fraction of sp³-hybridized carbons (Fsp3) is 0.417. The van der Waals surface area contributed by atoms with Gasteiger partial charge in [-0.2, -0.15) is 0 Å². The normalized spacial score (nSPS) is 10.8. The molecule has 0 spiro atoms. The van der Waals surface area contributed by atoms with E-state index in [1.165, 1.54) is 0 Å². The van der Waals surface area contributed by atoms with Crippen molar-refractivity contribution in [2.45, 2.75) is 51.3 Å². The van der Waals surface area contributed by atoms with Gasteiger partial charge in [0.05, 0.1) is 10.0 Å². The monoisotopic (exact) mass is 640 g/mol. The van der Waals surface area contributed by atoms with Gasteiger partial charge >= 0.3 is 12.2 Å². The molecule has 0 saturated carbocycles. The maximum atomic E-state index is 12.3. The Morgan fingerprint density at radius 2 is 1.03 bits per heavy atom. The first-order chi connectivity index (χ1) is 17.6. The number of aryl methyl sites for hydroxylation is 2. The van der Waals surface area contributed by atoms with Gasteiger partial charge in [-0.1, -0.05) is 23.2 Å². The molecule has 0 radical (unpaired) electrons. The van der Waals surface area contributed by atoms with Crippen LogP contribution in [0.25, 0.3) is 0 Å². The van der Waals surface area contributed by atoms with E-state index in [2.05, 4.69) is 0 Å². The van der Waals surface area contributed by atoms with Crippen LogP contribution in [0.4, 0.5) is 9.59 Å². The quantitative estimate of drug-likeness (QED) is 0.166. The molecule has 2 rings (SSSR count). The zero-order valence-corrected chi connectivity index (χ0v) is 27.1. The van der Waals surface area contributed by atoms with Gasteiger partial charge in [-0.25, -0.2) is 9.59 Å². The molecule has 0 N–H and O–H groups in total. The summed E-state index contributed by atoms with van der Waals surface area (Å²) in [5, 5.41) is 0.807. The van der Waals surface area contributed by atoms with E-state index in [9.17, 15) is 9.59 Å². The highest BCUT2D eigenvalue weighted by atomic mass is 35.5. The van der Waals surface area contributed by atoms with Crippen LogP contribution >= 0.6 is 74.3 Å². The van der Waals surface area contributed by atoms with Crippen molar-refractivity contribution < 1.29 is 19.1 Å². The van der Waals surface area contributed by atoms with Crippen molar-refractivity contribution in [3.63, 3.8) is 0 Å². The third-order valence-corrected chi connectivity index (χ3v) is 14.3. The number of rotatable bonds is 12. The van der Waals surface area contributed by atoms with Crippen molar-refractivity contribution in [2.75, 3.05) is 26.2 Å². The lowest BCUT2D eigenvalue weighted by Crippen LogP contribution is -2.33. The fourth-order valence-electron chi connectivity index (χ4n) is 3.00. The number of amides is 2. The molecule has 0 fully saturated rings. The summed E-state index contributed by atoms with van der Waals surface area (Å²) in [5.41, 5.74) is 1.99. The molecular weight excluding hydrogens is 612 g/mol. The highest BCUT2D eigenvalue weighted by Crippen LogP contribution is 2.54. The summed E-state index contributed by atoms with van der Waals surface area (Å²) in [5.74, 6) is 0.700. The van der Waals surface area contributed by atoms with Crippen LogP contribution in [-0.4, -0.2) is 48.2 Å². The molecule has 0 aliphatic rings. The van der Waals surface area contributed by atoms with Gasteiger partial charge in [0.2, 0.25) is 0 Å². The molecule has 0 bridgehead atoms. The molecule has 0 saturated heterocycles. The lowest BCUT2D eigenvalue weighted by atomic mass is 10.2. The van der Waals surface area contributed by atoms with E-state index in [0.29, 0.717) is 47.7 Å². The number of hydrogen-bond acceptors (Lipinski definition) is 9. The first kappa shape index (κ1) is 32.5. The van der Waals surface area contributed by atoms with Crippen molar-refractivity contribution in [1.82, 2.24) is 9.80 Å². The number of benzene rings is 2. The minimum atomic E-state index is -0.416. The Hall–Kier alpha value is -0.690. The first-order valence-corrected chi connectivity index (χ1v) is 18.4. The summed E-state index contributed by atoms with van der Waals surface area (Å²) < 4.78 is 11.1. The van der Waals surface area contributed by atoms with Crippen molar-refractivity contribution in [3.05, 3.63) is 45.4 Å². The molecule has 0 heterocycles. The Kier molecular flexibility index (Phi) is 14.4. The molecule has 2 amide bonds. The smallest absolute Gasteiger partial charge is 0.409 e. The highest BCUT2D eigenvalue weighted by Gasteiger charge is 2.18. The Morgan fingerprint density at radius 1 is 0.676 bits per heavy atom. The topological polar surface area (TPSA) is 59.1 Å². The van der Waals surface area contributed by atoms with E-state index in [1.54, 1.807) is 85.1 Å². The average molecular weight is 642 g/mol. The van der Waals surface area contributed by atoms with Crippen LogP contribution in [0, 0.1) is 13.8 Å². The van der Waals surface area contributed by atoms with Crippen molar-refractivity contribution in [1.29, 1.82) is 0 Å². The molecule has 204 valence electrons. The van der Waals surface area contributed by atoms with Gasteiger partial charge in [-0.3, -0.25) is 0 Å². The molecule has 0 aromatic heterocycles. The lowest BCUT2D eigenvalue weighted by molar-refractivity contribution is 0.156. The first-order valence-electron chi connectivity index (χ1n) is 11.5. The van der Waals surface area contributed by atoms with Gasteiger partial charge in [0.15, 0.2) is 11.5 Å².